The first-order valence-electron chi connectivity index (χ1n) is 13.2. The van der Waals surface area contributed by atoms with Crippen LogP contribution in [0, 0.1) is 29.1 Å². The van der Waals surface area contributed by atoms with Gasteiger partial charge < -0.3 is 14.9 Å². The molecule has 0 aromatic carbocycles. The van der Waals surface area contributed by atoms with E-state index in [-0.39, 0.29) is 11.4 Å². The van der Waals surface area contributed by atoms with E-state index in [1.165, 1.54) is 38.2 Å². The van der Waals surface area contributed by atoms with Crippen LogP contribution in [-0.2, 0) is 9.53 Å². The maximum Gasteiger partial charge on any atom is 0.302 e. The van der Waals surface area contributed by atoms with Crippen LogP contribution in [0.5, 0.6) is 0 Å². The van der Waals surface area contributed by atoms with E-state index in [2.05, 4.69) is 39.5 Å². The van der Waals surface area contributed by atoms with Gasteiger partial charge in [-0.25, -0.2) is 0 Å². The highest BCUT2D eigenvalue weighted by atomic mass is 16.5. The Morgan fingerprint density at radius 1 is 1.21 bits per heavy atom. The zero-order valence-corrected chi connectivity index (χ0v) is 21.3. The Bertz CT molecular complexity index is 764. The summed E-state index contributed by atoms with van der Waals surface area (Å²) in [5, 5.41) is 20.3. The van der Waals surface area contributed by atoms with Crippen molar-refractivity contribution in [1.82, 2.24) is 0 Å². The summed E-state index contributed by atoms with van der Waals surface area (Å²) >= 11 is 0. The Kier molecular flexibility index (Phi) is 9.02. The lowest BCUT2D eigenvalue weighted by Crippen LogP contribution is -2.43. The highest BCUT2D eigenvalue weighted by molar-refractivity contribution is 5.66. The van der Waals surface area contributed by atoms with Gasteiger partial charge in [-0.3, -0.25) is 4.79 Å². The van der Waals surface area contributed by atoms with Crippen LogP contribution in [0.4, 0.5) is 0 Å². The number of carbonyl (C=O) groups excluding carboxylic acids is 1. The molecular weight excluding hydrogens is 412 g/mol. The standard InChI is InChI=1S/C29H46O4/c1-19(2)8-6-9-20(3)26-13-14-27-23(10-7-15-29(26,27)18-33-22(5)30)11-12-24-16-25(31)17-28(32)21(24)4/h11-12,19-20,25-28,31-32H,4,6-10,13-18H2,1-3,5H3/b23-11+,24-12-/t20-,25-,26-,27+,28+,29+/m1/s1. The molecule has 3 aliphatic carbocycles. The largest absolute Gasteiger partial charge is 0.465 e. The van der Waals surface area contributed by atoms with Gasteiger partial charge >= 0.3 is 5.97 Å². The topological polar surface area (TPSA) is 66.8 Å². The molecule has 6 atom stereocenters. The monoisotopic (exact) mass is 458 g/mol. The van der Waals surface area contributed by atoms with Crippen LogP contribution in [0.2, 0.25) is 0 Å². The van der Waals surface area contributed by atoms with Gasteiger partial charge in [0.2, 0.25) is 0 Å². The van der Waals surface area contributed by atoms with Crippen LogP contribution in [0.1, 0.15) is 91.9 Å². The molecule has 3 fully saturated rings. The van der Waals surface area contributed by atoms with Gasteiger partial charge in [-0.2, -0.15) is 0 Å². The molecule has 3 rings (SSSR count). The van der Waals surface area contributed by atoms with E-state index in [0.717, 1.165) is 42.7 Å². The molecule has 0 saturated heterocycles. The molecule has 3 saturated carbocycles. The summed E-state index contributed by atoms with van der Waals surface area (Å²) < 4.78 is 5.74. The van der Waals surface area contributed by atoms with Crippen LogP contribution >= 0.6 is 0 Å². The van der Waals surface area contributed by atoms with Gasteiger partial charge in [-0.15, -0.1) is 0 Å². The third-order valence-corrected chi connectivity index (χ3v) is 8.69. The second-order valence-electron chi connectivity index (χ2n) is 11.5. The Morgan fingerprint density at radius 2 is 1.97 bits per heavy atom. The summed E-state index contributed by atoms with van der Waals surface area (Å²) in [5.74, 6) is 2.21. The normalized spacial score (nSPS) is 35.8. The van der Waals surface area contributed by atoms with E-state index in [1.54, 1.807) is 0 Å². The second kappa shape index (κ2) is 11.4. The van der Waals surface area contributed by atoms with Gasteiger partial charge in [-0.05, 0) is 73.3 Å². The fourth-order valence-corrected chi connectivity index (χ4v) is 6.97. The Morgan fingerprint density at radius 3 is 2.67 bits per heavy atom. The third-order valence-electron chi connectivity index (χ3n) is 8.69. The van der Waals surface area contributed by atoms with Gasteiger partial charge in [0.25, 0.3) is 0 Å². The molecule has 0 aliphatic heterocycles. The van der Waals surface area contributed by atoms with Crippen LogP contribution in [-0.4, -0.2) is 35.0 Å². The van der Waals surface area contributed by atoms with Crippen molar-refractivity contribution in [3.63, 3.8) is 0 Å². The molecule has 4 heteroatoms. The van der Waals surface area contributed by atoms with Gasteiger partial charge in [0.1, 0.15) is 0 Å². The second-order valence-corrected chi connectivity index (χ2v) is 11.5. The number of hydrogen-bond donors (Lipinski definition) is 2. The molecule has 0 aromatic heterocycles. The van der Waals surface area contributed by atoms with Crippen molar-refractivity contribution in [2.45, 2.75) is 104 Å². The SMILES string of the molecule is C=C1/C(=C\C=C2/CCC[C@]3(COC(C)=O)[C@@H]([C@H](C)CCCC(C)C)CC[C@@H]23)C[C@@H](O)C[C@@H]1O. The minimum absolute atomic E-state index is 0.0358. The summed E-state index contributed by atoms with van der Waals surface area (Å²) in [5.41, 5.74) is 3.18. The van der Waals surface area contributed by atoms with Crippen LogP contribution in [0.25, 0.3) is 0 Å². The number of esters is 1. The molecule has 0 spiro atoms. The van der Waals surface area contributed by atoms with E-state index in [9.17, 15) is 15.0 Å². The number of aliphatic hydroxyl groups excluding tert-OH is 2. The van der Waals surface area contributed by atoms with Crippen molar-refractivity contribution < 1.29 is 19.7 Å². The lowest BCUT2D eigenvalue weighted by molar-refractivity contribution is -0.148. The molecule has 2 N–H and O–H groups in total. The summed E-state index contributed by atoms with van der Waals surface area (Å²) in [4.78, 5) is 11.8. The van der Waals surface area contributed by atoms with E-state index in [1.807, 2.05) is 0 Å². The number of fused-ring (bicyclic) bond motifs is 1. The number of hydrogen-bond acceptors (Lipinski definition) is 4. The zero-order valence-electron chi connectivity index (χ0n) is 21.3. The van der Waals surface area contributed by atoms with E-state index < -0.39 is 12.2 Å². The first-order chi connectivity index (χ1) is 15.6. The fraction of sp³-hybridized carbons (Fsp3) is 0.759. The zero-order chi connectivity index (χ0) is 24.2. The fourth-order valence-electron chi connectivity index (χ4n) is 6.97. The molecule has 0 radical (unpaired) electrons. The number of carbonyl (C=O) groups is 1. The molecule has 0 amide bonds. The van der Waals surface area contributed by atoms with Gasteiger partial charge in [0.15, 0.2) is 0 Å². The number of aliphatic hydroxyl groups is 2. The summed E-state index contributed by atoms with van der Waals surface area (Å²) in [6.07, 6.45) is 13.6. The predicted octanol–water partition coefficient (Wildman–Crippen LogP) is 6.13. The molecule has 4 nitrogen and oxygen atoms in total. The molecule has 0 bridgehead atoms. The minimum atomic E-state index is -0.657. The first kappa shape index (κ1) is 26.2. The van der Waals surface area contributed by atoms with E-state index >= 15 is 0 Å². The van der Waals surface area contributed by atoms with E-state index in [4.69, 9.17) is 4.74 Å². The molecule has 186 valence electrons. The highest BCUT2D eigenvalue weighted by Crippen LogP contribution is 2.60. The van der Waals surface area contributed by atoms with Crippen molar-refractivity contribution in [3.05, 3.63) is 35.5 Å². The summed E-state index contributed by atoms with van der Waals surface area (Å²) in [6, 6.07) is 0. The van der Waals surface area contributed by atoms with Crippen molar-refractivity contribution in [2.24, 2.45) is 29.1 Å². The lowest BCUT2D eigenvalue weighted by Gasteiger charge is -2.46. The van der Waals surface area contributed by atoms with Crippen LogP contribution in [0.3, 0.4) is 0 Å². The smallest absolute Gasteiger partial charge is 0.302 e. The molecule has 0 heterocycles. The Hall–Kier alpha value is -1.39. The maximum absolute atomic E-state index is 11.8. The Balaban J connectivity index is 1.83. The summed E-state index contributed by atoms with van der Waals surface area (Å²) in [7, 11) is 0. The van der Waals surface area contributed by atoms with Crippen LogP contribution < -0.4 is 0 Å². The first-order valence-corrected chi connectivity index (χ1v) is 13.2. The number of rotatable bonds is 8. The highest BCUT2D eigenvalue weighted by Gasteiger charge is 2.54. The number of ether oxygens (including phenoxy) is 1. The van der Waals surface area contributed by atoms with Crippen molar-refractivity contribution in [2.75, 3.05) is 6.61 Å². The molecular formula is C29H46O4. The molecule has 3 aliphatic rings. The van der Waals surface area contributed by atoms with Crippen LogP contribution in [0.15, 0.2) is 35.5 Å². The molecule has 0 unspecified atom stereocenters. The number of allylic oxidation sites excluding steroid dienone is 3. The van der Waals surface area contributed by atoms with Gasteiger partial charge in [0.05, 0.1) is 18.8 Å². The van der Waals surface area contributed by atoms with Gasteiger partial charge in [0, 0.05) is 18.8 Å². The average Bonchev–Trinajstić information content (AvgIpc) is 3.14. The average molecular weight is 459 g/mol. The molecule has 33 heavy (non-hydrogen) atoms. The quantitative estimate of drug-likeness (QED) is 0.429. The van der Waals surface area contributed by atoms with E-state index in [0.29, 0.717) is 37.2 Å². The van der Waals surface area contributed by atoms with Crippen molar-refractivity contribution >= 4 is 5.97 Å². The molecule has 0 aromatic rings. The predicted molar refractivity (Wildman–Crippen MR) is 134 cm³/mol. The third kappa shape index (κ3) is 6.19. The Labute approximate surface area is 201 Å². The van der Waals surface area contributed by atoms with Gasteiger partial charge in [-0.1, -0.05) is 64.3 Å². The maximum atomic E-state index is 11.8. The summed E-state index contributed by atoms with van der Waals surface area (Å²) in [6.45, 7) is 13.1. The van der Waals surface area contributed by atoms with Crippen molar-refractivity contribution in [3.8, 4) is 0 Å². The lowest BCUT2D eigenvalue weighted by atomic mass is 9.60. The minimum Gasteiger partial charge on any atom is -0.465 e. The van der Waals surface area contributed by atoms with Crippen molar-refractivity contribution in [1.29, 1.82) is 0 Å².